The van der Waals surface area contributed by atoms with Crippen molar-refractivity contribution in [2.75, 3.05) is 0 Å². The molecule has 0 radical (unpaired) electrons. The van der Waals surface area contributed by atoms with Crippen LogP contribution in [0.2, 0.25) is 0 Å². The van der Waals surface area contributed by atoms with Gasteiger partial charge in [0.2, 0.25) is 0 Å². The van der Waals surface area contributed by atoms with Crippen LogP contribution in [0.3, 0.4) is 0 Å². The summed E-state index contributed by atoms with van der Waals surface area (Å²) in [4.78, 5) is 35.4. The van der Waals surface area contributed by atoms with E-state index < -0.39 is 0 Å². The largest absolute Gasteiger partial charge is 2.00 e. The van der Waals surface area contributed by atoms with Gasteiger partial charge in [-0.05, 0) is 48.5 Å². The number of isothiocyanates is 2. The summed E-state index contributed by atoms with van der Waals surface area (Å²) < 4.78 is 0. The summed E-state index contributed by atoms with van der Waals surface area (Å²) in [6.45, 7) is 0. The van der Waals surface area contributed by atoms with E-state index in [0.29, 0.717) is 0 Å². The Morgan fingerprint density at radius 2 is 0.535 bits per heavy atom. The molecule has 0 aliphatic heterocycles. The number of hydrogen-bond acceptors (Lipinski definition) is 10. The third-order valence-corrected chi connectivity index (χ3v) is 6.10. The fourth-order valence-electron chi connectivity index (χ4n) is 4.60. The number of aromatic nitrogens is 8. The predicted octanol–water partition coefficient (Wildman–Crippen LogP) is 6.77. The fraction of sp³-hybridized carbons (Fsp3) is 0. The molecule has 6 aromatic heterocycles. The molecule has 13 heteroatoms. The van der Waals surface area contributed by atoms with Gasteiger partial charge in [0, 0.05) is 71.1 Å². The van der Waals surface area contributed by atoms with Crippen molar-refractivity contribution >= 4 is 100 Å². The average Bonchev–Trinajstić information content (AvgIpc) is 3.06. The Bertz CT molecular complexity index is 1680. The number of fused-ring (bicyclic) bond motifs is 12. The van der Waals surface area contributed by atoms with Crippen LogP contribution in [0.15, 0.2) is 98.1 Å². The average molecular weight is 637 g/mol. The predicted molar refractivity (Wildman–Crippen MR) is 172 cm³/mol. The standard InChI is InChI=1S/2C14H8N4.2CNS.Fe/c2*1-3-9-11(15-5-1)12-10(4-2-6-16-12)14-13(9)17-7-8-18-14;2*2-1-3;/h2*1-8H;;;/q;;2*-1;+2. The van der Waals surface area contributed by atoms with Crippen LogP contribution in [0, 0.1) is 0 Å². The van der Waals surface area contributed by atoms with E-state index in [2.05, 4.69) is 64.3 Å². The van der Waals surface area contributed by atoms with Crippen molar-refractivity contribution in [3.63, 3.8) is 0 Å². The zero-order chi connectivity index (χ0) is 29.3. The van der Waals surface area contributed by atoms with E-state index in [-0.39, 0.29) is 17.1 Å². The summed E-state index contributed by atoms with van der Waals surface area (Å²) in [6.07, 6.45) is 13.9. The van der Waals surface area contributed by atoms with Crippen molar-refractivity contribution in [1.82, 2.24) is 39.9 Å². The first-order valence-corrected chi connectivity index (χ1v) is 13.0. The van der Waals surface area contributed by atoms with E-state index in [4.69, 9.17) is 10.8 Å². The second kappa shape index (κ2) is 14.7. The molecule has 10 nitrogen and oxygen atoms in total. The van der Waals surface area contributed by atoms with Crippen LogP contribution in [0.25, 0.3) is 76.5 Å². The molecule has 8 aromatic rings. The molecule has 8 rings (SSSR count). The molecule has 0 amide bonds. The zero-order valence-electron chi connectivity index (χ0n) is 21.9. The summed E-state index contributed by atoms with van der Waals surface area (Å²) >= 11 is 7.40. The molecule has 0 saturated carbocycles. The minimum Gasteiger partial charge on any atom is -0.753 e. The van der Waals surface area contributed by atoms with Crippen LogP contribution in [0.4, 0.5) is 0 Å². The number of nitrogens with zero attached hydrogens (tertiary/aromatic N) is 10. The third-order valence-electron chi connectivity index (χ3n) is 6.10. The molecular weight excluding hydrogens is 620 g/mol. The monoisotopic (exact) mass is 636 g/mol. The molecule has 0 unspecified atom stereocenters. The van der Waals surface area contributed by atoms with E-state index in [1.807, 2.05) is 48.5 Å². The SMILES string of the molecule is [Fe+2].[N-]=C=S.[N-]=C=S.c1cnc2c(c1)c1nccnc1c1cccnc12.c1cnc2c(c1)c1nccnc1c1cccnc12. The van der Waals surface area contributed by atoms with Crippen LogP contribution < -0.4 is 0 Å². The van der Waals surface area contributed by atoms with Gasteiger partial charge < -0.3 is 10.8 Å². The molecule has 0 fully saturated rings. The van der Waals surface area contributed by atoms with E-state index in [1.165, 1.54) is 10.3 Å². The molecule has 206 valence electrons. The van der Waals surface area contributed by atoms with Gasteiger partial charge in [0.15, 0.2) is 0 Å². The maximum absolute atomic E-state index is 7.13. The summed E-state index contributed by atoms with van der Waals surface area (Å²) in [5, 5.41) is 20.9. The number of thiocarbonyl (C=S) groups is 2. The minimum atomic E-state index is 0. The van der Waals surface area contributed by atoms with E-state index in [1.54, 1.807) is 49.6 Å². The van der Waals surface area contributed by atoms with Gasteiger partial charge in [-0.1, -0.05) is 24.4 Å². The maximum Gasteiger partial charge on any atom is 2.00 e. The normalized spacial score (nSPS) is 9.86. The minimum absolute atomic E-state index is 0. The van der Waals surface area contributed by atoms with E-state index >= 15 is 0 Å². The van der Waals surface area contributed by atoms with Gasteiger partial charge in [0.05, 0.1) is 44.1 Å². The third kappa shape index (κ3) is 6.23. The molecular formula is C30H16FeN10S2. The molecule has 0 bridgehead atoms. The van der Waals surface area contributed by atoms with Crippen LogP contribution in [0.1, 0.15) is 0 Å². The van der Waals surface area contributed by atoms with Crippen LogP contribution in [0.5, 0.6) is 0 Å². The van der Waals surface area contributed by atoms with E-state index in [0.717, 1.165) is 65.7 Å². The van der Waals surface area contributed by atoms with Gasteiger partial charge in [-0.2, -0.15) is 10.3 Å². The van der Waals surface area contributed by atoms with Crippen molar-refractivity contribution in [1.29, 1.82) is 0 Å². The van der Waals surface area contributed by atoms with E-state index in [9.17, 15) is 0 Å². The Labute approximate surface area is 265 Å². The fourth-order valence-corrected chi connectivity index (χ4v) is 4.60. The maximum atomic E-state index is 7.13. The summed E-state index contributed by atoms with van der Waals surface area (Å²) in [5.74, 6) is 0. The topological polar surface area (TPSA) is 148 Å². The first-order chi connectivity index (χ1) is 20.7. The Kier molecular flexibility index (Phi) is 10.5. The Morgan fingerprint density at radius 3 is 0.721 bits per heavy atom. The van der Waals surface area contributed by atoms with Gasteiger partial charge in [-0.15, -0.1) is 0 Å². The quantitative estimate of drug-likeness (QED) is 0.0756. The van der Waals surface area contributed by atoms with Crippen LogP contribution in [-0.4, -0.2) is 50.2 Å². The Hall–Kier alpha value is -5.12. The number of benzene rings is 2. The van der Waals surface area contributed by atoms with Crippen LogP contribution >= 0.6 is 24.4 Å². The van der Waals surface area contributed by atoms with Crippen molar-refractivity contribution in [3.05, 3.63) is 109 Å². The molecule has 0 atom stereocenters. The smallest absolute Gasteiger partial charge is 0.753 e. The first kappa shape index (κ1) is 30.8. The molecule has 0 saturated heterocycles. The van der Waals surface area contributed by atoms with Gasteiger partial charge in [0.1, 0.15) is 0 Å². The number of rotatable bonds is 0. The van der Waals surface area contributed by atoms with Gasteiger partial charge in [-0.25, -0.2) is 0 Å². The Morgan fingerprint density at radius 1 is 0.372 bits per heavy atom. The van der Waals surface area contributed by atoms with Gasteiger partial charge in [-0.3, -0.25) is 39.9 Å². The second-order valence-corrected chi connectivity index (χ2v) is 8.65. The van der Waals surface area contributed by atoms with Crippen molar-refractivity contribution in [2.24, 2.45) is 0 Å². The van der Waals surface area contributed by atoms with Gasteiger partial charge in [0.25, 0.3) is 0 Å². The summed E-state index contributed by atoms with van der Waals surface area (Å²) in [5.41, 5.74) is 7.01. The second-order valence-electron chi connectivity index (χ2n) is 8.29. The zero-order valence-corrected chi connectivity index (χ0v) is 24.6. The molecule has 0 N–H and O–H groups in total. The van der Waals surface area contributed by atoms with Crippen molar-refractivity contribution in [3.8, 4) is 0 Å². The summed E-state index contributed by atoms with van der Waals surface area (Å²) in [7, 11) is 0. The molecule has 43 heavy (non-hydrogen) atoms. The Balaban J connectivity index is 0.000000164. The molecule has 2 aromatic carbocycles. The van der Waals surface area contributed by atoms with Crippen LogP contribution in [-0.2, 0) is 17.1 Å². The molecule has 0 aliphatic carbocycles. The number of hydrogen-bond donors (Lipinski definition) is 0. The molecule has 0 aliphatic rings. The molecule has 0 spiro atoms. The molecule has 6 heterocycles. The first-order valence-electron chi connectivity index (χ1n) is 12.2. The van der Waals surface area contributed by atoms with Crippen molar-refractivity contribution in [2.45, 2.75) is 0 Å². The van der Waals surface area contributed by atoms with Crippen molar-refractivity contribution < 1.29 is 17.1 Å². The summed E-state index contributed by atoms with van der Waals surface area (Å²) in [6, 6.07) is 15.7. The van der Waals surface area contributed by atoms with Gasteiger partial charge >= 0.3 is 17.1 Å². The number of pyridine rings is 4.